The van der Waals surface area contributed by atoms with Crippen LogP contribution in [0.2, 0.25) is 0 Å². The van der Waals surface area contributed by atoms with Crippen molar-refractivity contribution >= 4 is 38.6 Å². The Hall–Kier alpha value is -4.57. The molecule has 0 amide bonds. The van der Waals surface area contributed by atoms with E-state index in [-0.39, 0.29) is 5.41 Å². The smallest absolute Gasteiger partial charge is 0.210 e. The van der Waals surface area contributed by atoms with Crippen molar-refractivity contribution in [3.8, 4) is 0 Å². The number of nitrogens with zero attached hydrogens (tertiary/aromatic N) is 2. The molecule has 1 unspecified atom stereocenters. The molecule has 5 aromatic carbocycles. The summed E-state index contributed by atoms with van der Waals surface area (Å²) < 4.78 is 31.3. The quantitative estimate of drug-likeness (QED) is 0.196. The van der Waals surface area contributed by atoms with Gasteiger partial charge in [-0.3, -0.25) is 0 Å². The SMILES string of the molecule is CN1C(=CC=CC2=[N+](C)c3ccc4ccccc4c3C2(C)C)C(C)(Cc2ccc(F)cc2F)c2c1ccc1ccccc21. The molecular weight excluding hydrogens is 534 g/mol. The topological polar surface area (TPSA) is 6.25 Å². The van der Waals surface area contributed by atoms with Gasteiger partial charge >= 0.3 is 0 Å². The maximum atomic E-state index is 15.1. The number of hydrogen-bond acceptors (Lipinski definition) is 1. The molecule has 0 saturated carbocycles. The van der Waals surface area contributed by atoms with Crippen molar-refractivity contribution in [3.05, 3.63) is 143 Å². The average molecular weight is 570 g/mol. The highest BCUT2D eigenvalue weighted by atomic mass is 19.1. The number of benzene rings is 5. The first-order valence-corrected chi connectivity index (χ1v) is 14.8. The van der Waals surface area contributed by atoms with Crippen LogP contribution in [0.5, 0.6) is 0 Å². The number of anilines is 1. The van der Waals surface area contributed by atoms with Gasteiger partial charge in [0.25, 0.3) is 0 Å². The molecule has 2 nitrogen and oxygen atoms in total. The van der Waals surface area contributed by atoms with Crippen LogP contribution in [0.15, 0.2) is 115 Å². The predicted molar refractivity (Wildman–Crippen MR) is 175 cm³/mol. The molecule has 0 N–H and O–H groups in total. The second-order valence-corrected chi connectivity index (χ2v) is 12.6. The Morgan fingerprint density at radius 2 is 1.44 bits per heavy atom. The first-order chi connectivity index (χ1) is 20.6. The number of fused-ring (bicyclic) bond motifs is 6. The minimum absolute atomic E-state index is 0.193. The molecule has 0 bridgehead atoms. The minimum Gasteiger partial charge on any atom is -0.347 e. The molecule has 5 aromatic rings. The first-order valence-electron chi connectivity index (χ1n) is 14.8. The normalized spacial score (nSPS) is 20.2. The van der Waals surface area contributed by atoms with E-state index in [0.29, 0.717) is 12.0 Å². The molecule has 4 heteroatoms. The largest absolute Gasteiger partial charge is 0.347 e. The number of rotatable bonds is 4. The summed E-state index contributed by atoms with van der Waals surface area (Å²) >= 11 is 0. The summed E-state index contributed by atoms with van der Waals surface area (Å²) in [7, 11) is 4.22. The van der Waals surface area contributed by atoms with E-state index in [9.17, 15) is 4.39 Å². The molecular formula is C39H35F2N2+. The Balaban J connectivity index is 1.35. The second-order valence-electron chi connectivity index (χ2n) is 12.6. The van der Waals surface area contributed by atoms with Gasteiger partial charge in [0.15, 0.2) is 5.71 Å². The van der Waals surface area contributed by atoms with E-state index in [2.05, 4.69) is 129 Å². The van der Waals surface area contributed by atoms with E-state index in [1.165, 1.54) is 39.4 Å². The van der Waals surface area contributed by atoms with Crippen molar-refractivity contribution in [1.29, 1.82) is 0 Å². The van der Waals surface area contributed by atoms with Crippen LogP contribution in [-0.4, -0.2) is 24.4 Å². The molecule has 7 rings (SSSR count). The number of hydrogen-bond donors (Lipinski definition) is 0. The van der Waals surface area contributed by atoms with Crippen LogP contribution in [0.3, 0.4) is 0 Å². The molecule has 0 saturated heterocycles. The van der Waals surface area contributed by atoms with E-state index < -0.39 is 17.0 Å². The Morgan fingerprint density at radius 1 is 0.791 bits per heavy atom. The van der Waals surface area contributed by atoms with Gasteiger partial charge in [-0.15, -0.1) is 0 Å². The van der Waals surface area contributed by atoms with Crippen LogP contribution < -0.4 is 4.90 Å². The lowest BCUT2D eigenvalue weighted by Crippen LogP contribution is -2.29. The number of allylic oxidation sites excluding steroid dienone is 4. The maximum absolute atomic E-state index is 15.1. The van der Waals surface area contributed by atoms with Gasteiger partial charge in [-0.1, -0.05) is 66.7 Å². The van der Waals surface area contributed by atoms with Gasteiger partial charge < -0.3 is 4.90 Å². The summed E-state index contributed by atoms with van der Waals surface area (Å²) in [5.74, 6) is -1.07. The van der Waals surface area contributed by atoms with Crippen molar-refractivity contribution in [2.24, 2.45) is 0 Å². The monoisotopic (exact) mass is 569 g/mol. The van der Waals surface area contributed by atoms with E-state index in [0.717, 1.165) is 28.2 Å². The van der Waals surface area contributed by atoms with Crippen LogP contribution in [0.25, 0.3) is 21.5 Å². The van der Waals surface area contributed by atoms with Crippen LogP contribution in [-0.2, 0) is 17.3 Å². The molecule has 0 radical (unpaired) electrons. The Kier molecular flexibility index (Phi) is 6.18. The minimum atomic E-state index is -0.561. The highest BCUT2D eigenvalue weighted by Gasteiger charge is 2.45. The Morgan fingerprint density at radius 3 is 2.14 bits per heavy atom. The summed E-state index contributed by atoms with van der Waals surface area (Å²) in [4.78, 5) is 2.23. The first kappa shape index (κ1) is 27.3. The number of likely N-dealkylation sites (N-methyl/N-ethyl adjacent to an activating group) is 1. The van der Waals surface area contributed by atoms with Crippen molar-refractivity contribution in [2.75, 3.05) is 19.0 Å². The second kappa shape index (κ2) is 9.74. The standard InChI is InChI=1S/C39H35F2N2/c1-38(2)34(42(4)32-21-18-25-11-6-8-13-29(25)36(32)38)15-10-16-35-39(3,24-27-17-20-28(40)23-31(27)41)37-30-14-9-7-12-26(30)19-22-33(37)43(35)5/h6-23H,24H2,1-5H3/q+1. The molecule has 43 heavy (non-hydrogen) atoms. The molecule has 0 fully saturated rings. The highest BCUT2D eigenvalue weighted by molar-refractivity contribution is 6.07. The third-order valence-electron chi connectivity index (χ3n) is 9.71. The molecule has 214 valence electrons. The van der Waals surface area contributed by atoms with Crippen molar-refractivity contribution < 1.29 is 13.4 Å². The molecule has 1 atom stereocenters. The summed E-state index contributed by atoms with van der Waals surface area (Å²) in [6.07, 6.45) is 6.94. The zero-order valence-electron chi connectivity index (χ0n) is 25.2. The van der Waals surface area contributed by atoms with Gasteiger partial charge in [0, 0.05) is 47.6 Å². The molecule has 2 heterocycles. The zero-order chi connectivity index (χ0) is 30.1. The molecule has 2 aliphatic heterocycles. The van der Waals surface area contributed by atoms with E-state index in [1.807, 2.05) is 6.07 Å². The zero-order valence-corrected chi connectivity index (χ0v) is 25.2. The van der Waals surface area contributed by atoms with Gasteiger partial charge in [-0.2, -0.15) is 4.58 Å². The Bertz CT molecular complexity index is 2050. The highest BCUT2D eigenvalue weighted by Crippen LogP contribution is 2.52. The molecule has 2 aliphatic rings. The fourth-order valence-corrected chi connectivity index (χ4v) is 7.69. The van der Waals surface area contributed by atoms with Gasteiger partial charge in [0.05, 0.1) is 5.41 Å². The van der Waals surface area contributed by atoms with Crippen molar-refractivity contribution in [2.45, 2.75) is 38.0 Å². The Labute approximate surface area is 251 Å². The third kappa shape index (κ3) is 4.07. The van der Waals surface area contributed by atoms with Crippen LogP contribution in [0.1, 0.15) is 37.5 Å². The van der Waals surface area contributed by atoms with E-state index in [4.69, 9.17) is 0 Å². The molecule has 0 aliphatic carbocycles. The average Bonchev–Trinajstić information content (AvgIpc) is 3.33. The lowest BCUT2D eigenvalue weighted by molar-refractivity contribution is -0.401. The van der Waals surface area contributed by atoms with Gasteiger partial charge in [-0.25, -0.2) is 8.78 Å². The lowest BCUT2D eigenvalue weighted by Gasteiger charge is -2.29. The van der Waals surface area contributed by atoms with Crippen molar-refractivity contribution in [1.82, 2.24) is 0 Å². The summed E-state index contributed by atoms with van der Waals surface area (Å²) in [6, 6.07) is 29.6. The third-order valence-corrected chi connectivity index (χ3v) is 9.71. The number of halogens is 2. The van der Waals surface area contributed by atoms with Gasteiger partial charge in [0.2, 0.25) is 5.69 Å². The lowest BCUT2D eigenvalue weighted by atomic mass is 9.74. The predicted octanol–water partition coefficient (Wildman–Crippen LogP) is 9.37. The summed E-state index contributed by atoms with van der Waals surface area (Å²) in [5, 5.41) is 4.83. The fourth-order valence-electron chi connectivity index (χ4n) is 7.69. The molecule has 0 aromatic heterocycles. The molecule has 0 spiro atoms. The van der Waals surface area contributed by atoms with Gasteiger partial charge in [0.1, 0.15) is 18.7 Å². The van der Waals surface area contributed by atoms with E-state index >= 15 is 4.39 Å². The maximum Gasteiger partial charge on any atom is 0.210 e. The summed E-state index contributed by atoms with van der Waals surface area (Å²) in [5.41, 5.74) is 6.89. The summed E-state index contributed by atoms with van der Waals surface area (Å²) in [6.45, 7) is 6.77. The fraction of sp³-hybridized carbons (Fsp3) is 0.205. The van der Waals surface area contributed by atoms with Crippen LogP contribution >= 0.6 is 0 Å². The van der Waals surface area contributed by atoms with E-state index in [1.54, 1.807) is 6.07 Å². The van der Waals surface area contributed by atoms with Gasteiger partial charge in [-0.05, 0) is 84.1 Å². The van der Waals surface area contributed by atoms with Crippen molar-refractivity contribution in [3.63, 3.8) is 0 Å². The van der Waals surface area contributed by atoms with Crippen LogP contribution in [0.4, 0.5) is 20.2 Å². The van der Waals surface area contributed by atoms with Crippen LogP contribution in [0, 0.1) is 11.6 Å².